The number of rotatable bonds is 4. The van der Waals surface area contributed by atoms with Gasteiger partial charge in [0, 0.05) is 38.2 Å². The van der Waals surface area contributed by atoms with Gasteiger partial charge in [-0.1, -0.05) is 0 Å². The summed E-state index contributed by atoms with van der Waals surface area (Å²) in [5, 5.41) is 13.0. The van der Waals surface area contributed by atoms with E-state index in [4.69, 9.17) is 4.74 Å². The third kappa shape index (κ3) is 2.71. The lowest BCUT2D eigenvalue weighted by Crippen LogP contribution is -2.46. The Bertz CT molecular complexity index is 911. The van der Waals surface area contributed by atoms with E-state index in [0.717, 1.165) is 48.9 Å². The van der Waals surface area contributed by atoms with Crippen LogP contribution in [0.2, 0.25) is 0 Å². The van der Waals surface area contributed by atoms with Crippen molar-refractivity contribution in [3.05, 3.63) is 36.4 Å². The van der Waals surface area contributed by atoms with Crippen LogP contribution in [0.25, 0.3) is 5.65 Å². The minimum absolute atomic E-state index is 0.604. The highest BCUT2D eigenvalue weighted by Gasteiger charge is 2.28. The number of nitrogens with zero attached hydrogens (tertiary/aromatic N) is 7. The van der Waals surface area contributed by atoms with Crippen LogP contribution in [0.15, 0.2) is 30.7 Å². The molecule has 3 aromatic heterocycles. The number of hydrogen-bond donors (Lipinski definition) is 0. The van der Waals surface area contributed by atoms with Gasteiger partial charge in [0.2, 0.25) is 11.5 Å². The molecule has 0 amide bonds. The summed E-state index contributed by atoms with van der Waals surface area (Å²) in [6.07, 6.45) is 6.05. The molecule has 0 N–H and O–H groups in total. The highest BCUT2D eigenvalue weighted by atomic mass is 16.5. The summed E-state index contributed by atoms with van der Waals surface area (Å²) in [7, 11) is 1.64. The molecule has 0 unspecified atom stereocenters. The van der Waals surface area contributed by atoms with Crippen molar-refractivity contribution in [2.45, 2.75) is 18.8 Å². The van der Waals surface area contributed by atoms with Crippen LogP contribution in [0.5, 0.6) is 5.88 Å². The fourth-order valence-corrected chi connectivity index (χ4v) is 3.53. The van der Waals surface area contributed by atoms with Gasteiger partial charge in [-0.15, -0.1) is 10.2 Å². The lowest BCUT2D eigenvalue weighted by atomic mass is 10.2. The van der Waals surface area contributed by atoms with Crippen molar-refractivity contribution in [3.63, 3.8) is 0 Å². The zero-order valence-corrected chi connectivity index (χ0v) is 14.7. The molecule has 8 heteroatoms. The Morgan fingerprint density at radius 2 is 1.88 bits per heavy atom. The van der Waals surface area contributed by atoms with Gasteiger partial charge in [0.05, 0.1) is 30.4 Å². The van der Waals surface area contributed by atoms with Crippen molar-refractivity contribution in [2.75, 3.05) is 43.1 Å². The number of aromatic nitrogens is 5. The van der Waals surface area contributed by atoms with Crippen molar-refractivity contribution in [1.29, 1.82) is 0 Å². The largest absolute Gasteiger partial charge is 0.481 e. The van der Waals surface area contributed by atoms with Gasteiger partial charge in [-0.05, 0) is 25.0 Å². The molecule has 26 heavy (non-hydrogen) atoms. The van der Waals surface area contributed by atoms with Crippen LogP contribution in [0, 0.1) is 0 Å². The number of ether oxygens (including phenoxy) is 1. The van der Waals surface area contributed by atoms with Crippen LogP contribution >= 0.6 is 0 Å². The Morgan fingerprint density at radius 1 is 1.08 bits per heavy atom. The summed E-state index contributed by atoms with van der Waals surface area (Å²) in [5.41, 5.74) is 4.28. The lowest BCUT2D eigenvalue weighted by Gasteiger charge is -2.37. The van der Waals surface area contributed by atoms with Crippen LogP contribution in [0.3, 0.4) is 0 Å². The molecular formula is C18H21N7O. The molecule has 0 bridgehead atoms. The zero-order chi connectivity index (χ0) is 17.5. The van der Waals surface area contributed by atoms with Crippen molar-refractivity contribution in [2.24, 2.45) is 0 Å². The Morgan fingerprint density at radius 3 is 2.58 bits per heavy atom. The molecule has 4 heterocycles. The van der Waals surface area contributed by atoms with E-state index in [9.17, 15) is 0 Å². The molecule has 1 aliphatic heterocycles. The molecule has 5 rings (SSSR count). The molecule has 0 radical (unpaired) electrons. The predicted octanol–water partition coefficient (Wildman–Crippen LogP) is 1.73. The molecule has 2 fully saturated rings. The van der Waals surface area contributed by atoms with E-state index < -0.39 is 0 Å². The van der Waals surface area contributed by atoms with Gasteiger partial charge in [-0.2, -0.15) is 9.61 Å². The summed E-state index contributed by atoms with van der Waals surface area (Å²) in [6.45, 7) is 3.75. The van der Waals surface area contributed by atoms with Crippen LogP contribution in [0.1, 0.15) is 24.5 Å². The standard InChI is InChI=1S/C18H21N7O/c1-26-17-5-4-14(11-19-17)23-6-8-24(9-7-23)16-10-15(13-2-3-13)22-25-12-20-21-18(16)25/h4-5,10-13H,2-3,6-9H2,1H3. The van der Waals surface area contributed by atoms with E-state index in [1.165, 1.54) is 12.8 Å². The summed E-state index contributed by atoms with van der Waals surface area (Å²) in [5.74, 6) is 1.25. The number of pyridine rings is 1. The maximum absolute atomic E-state index is 5.14. The van der Waals surface area contributed by atoms with Crippen molar-refractivity contribution in [1.82, 2.24) is 24.8 Å². The Hall–Kier alpha value is -2.90. The normalized spacial score (nSPS) is 17.7. The monoisotopic (exact) mass is 351 g/mol. The fraction of sp³-hybridized carbons (Fsp3) is 0.444. The predicted molar refractivity (Wildman–Crippen MR) is 98.0 cm³/mol. The second kappa shape index (κ2) is 6.12. The first-order chi connectivity index (χ1) is 12.8. The first kappa shape index (κ1) is 15.4. The van der Waals surface area contributed by atoms with E-state index in [-0.39, 0.29) is 0 Å². The topological polar surface area (TPSA) is 71.7 Å². The molecular weight excluding hydrogens is 330 g/mol. The molecule has 1 aliphatic carbocycles. The van der Waals surface area contributed by atoms with Crippen molar-refractivity contribution >= 4 is 17.0 Å². The average Bonchev–Trinajstić information content (AvgIpc) is 3.45. The highest BCUT2D eigenvalue weighted by molar-refractivity contribution is 5.69. The maximum Gasteiger partial charge on any atom is 0.213 e. The van der Waals surface area contributed by atoms with Crippen LogP contribution in [-0.2, 0) is 0 Å². The van der Waals surface area contributed by atoms with Gasteiger partial charge in [0.25, 0.3) is 0 Å². The Labute approximate surface area is 151 Å². The van der Waals surface area contributed by atoms with Crippen LogP contribution < -0.4 is 14.5 Å². The summed E-state index contributed by atoms with van der Waals surface area (Å²) >= 11 is 0. The highest BCUT2D eigenvalue weighted by Crippen LogP contribution is 2.40. The molecule has 8 nitrogen and oxygen atoms in total. The first-order valence-corrected chi connectivity index (χ1v) is 9.03. The van der Waals surface area contributed by atoms with Gasteiger partial charge in [-0.3, -0.25) is 0 Å². The maximum atomic E-state index is 5.14. The van der Waals surface area contributed by atoms with Crippen LogP contribution in [-0.4, -0.2) is 58.1 Å². The third-order valence-electron chi connectivity index (χ3n) is 5.18. The first-order valence-electron chi connectivity index (χ1n) is 9.03. The molecule has 0 aromatic carbocycles. The number of piperazine rings is 1. The van der Waals surface area contributed by atoms with E-state index >= 15 is 0 Å². The average molecular weight is 351 g/mol. The van der Waals surface area contributed by atoms with E-state index in [1.807, 2.05) is 16.8 Å². The summed E-state index contributed by atoms with van der Waals surface area (Å²) in [6, 6.07) is 6.19. The Balaban J connectivity index is 1.36. The van der Waals surface area contributed by atoms with Gasteiger partial charge in [0.15, 0.2) is 0 Å². The van der Waals surface area contributed by atoms with Crippen molar-refractivity contribution < 1.29 is 4.74 Å². The van der Waals surface area contributed by atoms with Crippen LogP contribution in [0.4, 0.5) is 11.4 Å². The lowest BCUT2D eigenvalue weighted by molar-refractivity contribution is 0.398. The van der Waals surface area contributed by atoms with Gasteiger partial charge in [0.1, 0.15) is 6.33 Å². The zero-order valence-electron chi connectivity index (χ0n) is 14.7. The molecule has 0 spiro atoms. The molecule has 134 valence electrons. The van der Waals surface area contributed by atoms with Gasteiger partial charge in [-0.25, -0.2) is 4.98 Å². The molecule has 0 atom stereocenters. The van der Waals surface area contributed by atoms with E-state index in [1.54, 1.807) is 13.4 Å². The quantitative estimate of drug-likeness (QED) is 0.709. The van der Waals surface area contributed by atoms with Gasteiger partial charge >= 0.3 is 0 Å². The number of fused-ring (bicyclic) bond motifs is 1. The summed E-state index contributed by atoms with van der Waals surface area (Å²) < 4.78 is 6.96. The molecule has 2 aliphatic rings. The second-order valence-electron chi connectivity index (χ2n) is 6.86. The van der Waals surface area contributed by atoms with Crippen molar-refractivity contribution in [3.8, 4) is 5.88 Å². The number of methoxy groups -OCH3 is 1. The second-order valence-corrected chi connectivity index (χ2v) is 6.86. The fourth-order valence-electron chi connectivity index (χ4n) is 3.53. The molecule has 1 saturated heterocycles. The SMILES string of the molecule is COc1ccc(N2CCN(c3cc(C4CC4)nn4cnnc34)CC2)cn1. The third-order valence-corrected chi connectivity index (χ3v) is 5.18. The minimum Gasteiger partial charge on any atom is -0.481 e. The summed E-state index contributed by atoms with van der Waals surface area (Å²) in [4.78, 5) is 9.06. The van der Waals surface area contributed by atoms with Gasteiger partial charge < -0.3 is 14.5 Å². The number of anilines is 2. The van der Waals surface area contributed by atoms with E-state index in [0.29, 0.717) is 11.8 Å². The Kier molecular flexibility index (Phi) is 3.62. The van der Waals surface area contributed by atoms with E-state index in [2.05, 4.69) is 42.2 Å². The molecule has 3 aromatic rings. The minimum atomic E-state index is 0.604. The number of hydrogen-bond acceptors (Lipinski definition) is 7. The smallest absolute Gasteiger partial charge is 0.213 e. The molecule has 1 saturated carbocycles.